The third-order valence-electron chi connectivity index (χ3n) is 4.98. The van der Waals surface area contributed by atoms with Gasteiger partial charge in [0.05, 0.1) is 5.92 Å². The summed E-state index contributed by atoms with van der Waals surface area (Å²) >= 11 is 0. The Morgan fingerprint density at radius 2 is 1.88 bits per heavy atom. The molecule has 0 saturated heterocycles. The lowest BCUT2D eigenvalue weighted by Gasteiger charge is -2.28. The summed E-state index contributed by atoms with van der Waals surface area (Å²) < 4.78 is 0. The van der Waals surface area contributed by atoms with Gasteiger partial charge in [0.15, 0.2) is 0 Å². The first kappa shape index (κ1) is 13.2. The molecule has 3 aliphatic carbocycles. The highest BCUT2D eigenvalue weighted by atomic mass is 35.5. The molecule has 3 aliphatic rings. The van der Waals surface area contributed by atoms with E-state index in [0.717, 1.165) is 5.92 Å². The lowest BCUT2D eigenvalue weighted by molar-refractivity contribution is -0.127. The molecule has 3 fully saturated rings. The van der Waals surface area contributed by atoms with E-state index in [1.54, 1.807) is 0 Å². The minimum absolute atomic E-state index is 0. The van der Waals surface area contributed by atoms with Gasteiger partial charge in [0, 0.05) is 12.1 Å². The summed E-state index contributed by atoms with van der Waals surface area (Å²) in [4.78, 5) is 12.2. The van der Waals surface area contributed by atoms with Crippen LogP contribution in [0, 0.1) is 23.7 Å². The van der Waals surface area contributed by atoms with Crippen LogP contribution in [-0.2, 0) is 4.79 Å². The van der Waals surface area contributed by atoms with E-state index in [2.05, 4.69) is 12.2 Å². The Balaban J connectivity index is 0.00000108. The number of nitrogens with two attached hydrogens (primary N) is 1. The molecule has 0 radical (unpaired) electrons. The second-order valence-electron chi connectivity index (χ2n) is 6.07. The largest absolute Gasteiger partial charge is 0.353 e. The third kappa shape index (κ3) is 2.32. The monoisotopic (exact) mass is 258 g/mol. The maximum atomic E-state index is 12.2. The van der Waals surface area contributed by atoms with Gasteiger partial charge in [0.2, 0.25) is 5.91 Å². The first-order valence-electron chi connectivity index (χ1n) is 6.72. The zero-order valence-electron chi connectivity index (χ0n) is 10.4. The Bertz CT molecular complexity index is 304. The van der Waals surface area contributed by atoms with E-state index in [1.807, 2.05) is 0 Å². The van der Waals surface area contributed by atoms with E-state index in [1.165, 1.54) is 32.1 Å². The topological polar surface area (TPSA) is 55.1 Å². The van der Waals surface area contributed by atoms with Crippen LogP contribution >= 0.6 is 12.4 Å². The van der Waals surface area contributed by atoms with Crippen molar-refractivity contribution in [1.29, 1.82) is 0 Å². The molecule has 3 saturated carbocycles. The average Bonchev–Trinajstić information content (AvgIpc) is 2.92. The van der Waals surface area contributed by atoms with Gasteiger partial charge in [-0.3, -0.25) is 4.79 Å². The van der Waals surface area contributed by atoms with Crippen LogP contribution in [0.2, 0.25) is 0 Å². The molecule has 0 aromatic heterocycles. The second kappa shape index (κ2) is 4.77. The molecule has 4 heteroatoms. The van der Waals surface area contributed by atoms with Crippen LogP contribution in [0.5, 0.6) is 0 Å². The number of carbonyl (C=O) groups excluding carboxylic acids is 1. The first-order valence-corrected chi connectivity index (χ1v) is 6.72. The lowest BCUT2D eigenvalue weighted by Crippen LogP contribution is -2.47. The van der Waals surface area contributed by atoms with E-state index in [-0.39, 0.29) is 30.3 Å². The molecule has 0 aromatic carbocycles. The van der Waals surface area contributed by atoms with Crippen LogP contribution in [0.15, 0.2) is 0 Å². The summed E-state index contributed by atoms with van der Waals surface area (Å²) in [5.74, 6) is 2.28. The zero-order valence-corrected chi connectivity index (χ0v) is 11.2. The summed E-state index contributed by atoms with van der Waals surface area (Å²) in [7, 11) is 0. The molecule has 2 bridgehead atoms. The highest BCUT2D eigenvalue weighted by Gasteiger charge is 2.49. The van der Waals surface area contributed by atoms with Gasteiger partial charge in [0.1, 0.15) is 0 Å². The van der Waals surface area contributed by atoms with Gasteiger partial charge in [0.25, 0.3) is 0 Å². The normalized spacial score (nSPS) is 40.8. The number of fused-ring (bicyclic) bond motifs is 2. The Kier molecular flexibility index (Phi) is 3.69. The maximum absolute atomic E-state index is 12.2. The smallest absolute Gasteiger partial charge is 0.225 e. The quantitative estimate of drug-likeness (QED) is 0.810. The van der Waals surface area contributed by atoms with E-state index < -0.39 is 0 Å². The van der Waals surface area contributed by atoms with Crippen LogP contribution in [0.3, 0.4) is 0 Å². The van der Waals surface area contributed by atoms with Crippen LogP contribution < -0.4 is 11.1 Å². The van der Waals surface area contributed by atoms with Crippen LogP contribution in [0.1, 0.15) is 39.0 Å². The van der Waals surface area contributed by atoms with Crippen molar-refractivity contribution in [2.75, 3.05) is 0 Å². The number of nitrogens with one attached hydrogen (secondary N) is 1. The van der Waals surface area contributed by atoms with Gasteiger partial charge in [-0.05, 0) is 56.8 Å². The molecule has 0 aliphatic heterocycles. The van der Waals surface area contributed by atoms with E-state index >= 15 is 0 Å². The van der Waals surface area contributed by atoms with Gasteiger partial charge in [-0.1, -0.05) is 0 Å². The maximum Gasteiger partial charge on any atom is 0.225 e. The lowest BCUT2D eigenvalue weighted by atomic mass is 9.84. The van der Waals surface area contributed by atoms with E-state index in [9.17, 15) is 4.79 Å². The van der Waals surface area contributed by atoms with Gasteiger partial charge < -0.3 is 11.1 Å². The SMILES string of the molecule is CC(NC(=O)C1C2CCC(C2)C1N)C1CC1.Cl. The molecular formula is C13H23ClN2O. The highest BCUT2D eigenvalue weighted by Crippen LogP contribution is 2.47. The molecule has 3 N–H and O–H groups in total. The third-order valence-corrected chi connectivity index (χ3v) is 4.98. The zero-order chi connectivity index (χ0) is 11.3. The molecule has 0 heterocycles. The second-order valence-corrected chi connectivity index (χ2v) is 6.07. The fraction of sp³-hybridized carbons (Fsp3) is 0.923. The molecule has 98 valence electrons. The van der Waals surface area contributed by atoms with Crippen molar-refractivity contribution in [3.8, 4) is 0 Å². The predicted octanol–water partition coefficient (Wildman–Crippen LogP) is 1.70. The summed E-state index contributed by atoms with van der Waals surface area (Å²) in [5.41, 5.74) is 6.17. The van der Waals surface area contributed by atoms with Crippen molar-refractivity contribution >= 4 is 18.3 Å². The van der Waals surface area contributed by atoms with Crippen molar-refractivity contribution in [3.05, 3.63) is 0 Å². The molecule has 17 heavy (non-hydrogen) atoms. The van der Waals surface area contributed by atoms with Crippen LogP contribution in [0.4, 0.5) is 0 Å². The number of amides is 1. The molecule has 0 aromatic rings. The molecular weight excluding hydrogens is 236 g/mol. The Labute approximate surface area is 109 Å². The minimum atomic E-state index is 0. The van der Waals surface area contributed by atoms with Crippen LogP contribution in [0.25, 0.3) is 0 Å². The summed E-state index contributed by atoms with van der Waals surface area (Å²) in [6, 6.07) is 0.490. The fourth-order valence-electron chi connectivity index (χ4n) is 3.76. The molecule has 5 unspecified atom stereocenters. The van der Waals surface area contributed by atoms with E-state index in [4.69, 9.17) is 5.73 Å². The van der Waals surface area contributed by atoms with Crippen molar-refractivity contribution in [1.82, 2.24) is 5.32 Å². The number of rotatable bonds is 3. The first-order chi connectivity index (χ1) is 7.66. The number of hydrogen-bond donors (Lipinski definition) is 2. The molecule has 5 atom stereocenters. The molecule has 1 amide bonds. The Hall–Kier alpha value is -0.280. The van der Waals surface area contributed by atoms with Gasteiger partial charge in [-0.15, -0.1) is 12.4 Å². The molecule has 3 rings (SSSR count). The summed E-state index contributed by atoms with van der Waals surface area (Å²) in [6.45, 7) is 2.13. The standard InChI is InChI=1S/C13H22N2O.ClH/c1-7(8-2-3-8)15-13(16)11-9-4-5-10(6-9)12(11)14;/h7-12H,2-6,14H2,1H3,(H,15,16);1H. The van der Waals surface area contributed by atoms with E-state index in [0.29, 0.717) is 17.9 Å². The van der Waals surface area contributed by atoms with Gasteiger partial charge in [-0.25, -0.2) is 0 Å². The van der Waals surface area contributed by atoms with Crippen LogP contribution in [-0.4, -0.2) is 18.0 Å². The highest BCUT2D eigenvalue weighted by molar-refractivity contribution is 5.85. The minimum Gasteiger partial charge on any atom is -0.353 e. The average molecular weight is 259 g/mol. The number of carbonyl (C=O) groups is 1. The van der Waals surface area contributed by atoms with Crippen molar-refractivity contribution in [2.24, 2.45) is 29.4 Å². The molecule has 0 spiro atoms. The van der Waals surface area contributed by atoms with Crippen molar-refractivity contribution < 1.29 is 4.79 Å². The fourth-order valence-corrected chi connectivity index (χ4v) is 3.76. The van der Waals surface area contributed by atoms with Crippen molar-refractivity contribution in [3.63, 3.8) is 0 Å². The Morgan fingerprint density at radius 1 is 1.24 bits per heavy atom. The van der Waals surface area contributed by atoms with Gasteiger partial charge >= 0.3 is 0 Å². The Morgan fingerprint density at radius 3 is 2.41 bits per heavy atom. The van der Waals surface area contributed by atoms with Crippen molar-refractivity contribution in [2.45, 2.75) is 51.1 Å². The molecule has 3 nitrogen and oxygen atoms in total. The predicted molar refractivity (Wildman–Crippen MR) is 69.9 cm³/mol. The number of halogens is 1. The summed E-state index contributed by atoms with van der Waals surface area (Å²) in [6.07, 6.45) is 6.22. The number of hydrogen-bond acceptors (Lipinski definition) is 2. The summed E-state index contributed by atoms with van der Waals surface area (Å²) in [5, 5.41) is 3.18. The van der Waals surface area contributed by atoms with Gasteiger partial charge in [-0.2, -0.15) is 0 Å².